The fourth-order valence-electron chi connectivity index (χ4n) is 2.54. The quantitative estimate of drug-likeness (QED) is 0.749. The number of amides is 1. The van der Waals surface area contributed by atoms with E-state index in [0.717, 1.165) is 31.0 Å². The largest absolute Gasteiger partial charge is 0.342 e. The number of halogens is 1. The average Bonchev–Trinajstić information content (AvgIpc) is 2.28. The number of piperidine rings is 1. The zero-order valence-corrected chi connectivity index (χ0v) is 11.1. The molecule has 1 aromatic rings. The van der Waals surface area contributed by atoms with Crippen LogP contribution in [0, 0.1) is 6.92 Å². The summed E-state index contributed by atoms with van der Waals surface area (Å²) in [5, 5.41) is 0.792. The molecule has 0 bridgehead atoms. The van der Waals surface area contributed by atoms with Gasteiger partial charge >= 0.3 is 0 Å². The second-order valence-corrected chi connectivity index (χ2v) is 5.30. The Bertz CT molecular complexity index is 410. The summed E-state index contributed by atoms with van der Waals surface area (Å²) in [4.78, 5) is 13.3. The molecule has 0 saturated carbocycles. The summed E-state index contributed by atoms with van der Waals surface area (Å²) in [6, 6.07) is 6.18. The van der Waals surface area contributed by atoms with Crippen LogP contribution in [0.5, 0.6) is 0 Å². The van der Waals surface area contributed by atoms with Gasteiger partial charge in [-0.15, -0.1) is 0 Å². The number of carbonyl (C=O) groups excluding carboxylic acids is 1. The molecule has 0 aromatic heterocycles. The maximum atomic E-state index is 11.4. The first-order valence-electron chi connectivity index (χ1n) is 6.09. The molecular formula is C14H18ClNO. The fraction of sp³-hybridized carbons (Fsp3) is 0.500. The second-order valence-electron chi connectivity index (χ2n) is 4.87. The maximum absolute atomic E-state index is 11.4. The normalized spacial score (nSPS) is 20.4. The van der Waals surface area contributed by atoms with E-state index in [-0.39, 0.29) is 5.91 Å². The molecule has 2 rings (SSSR count). The van der Waals surface area contributed by atoms with E-state index in [4.69, 9.17) is 11.6 Å². The average molecular weight is 252 g/mol. The van der Waals surface area contributed by atoms with Gasteiger partial charge in [-0.05, 0) is 43.0 Å². The molecule has 0 radical (unpaired) electrons. The maximum Gasteiger partial charge on any atom is 0.219 e. The Morgan fingerprint density at radius 1 is 1.41 bits per heavy atom. The summed E-state index contributed by atoms with van der Waals surface area (Å²) in [5.41, 5.74) is 2.45. The van der Waals surface area contributed by atoms with Crippen LogP contribution < -0.4 is 0 Å². The van der Waals surface area contributed by atoms with Crippen molar-refractivity contribution in [1.82, 2.24) is 4.90 Å². The van der Waals surface area contributed by atoms with Crippen LogP contribution in [-0.2, 0) is 4.79 Å². The van der Waals surface area contributed by atoms with Crippen molar-refractivity contribution in [3.05, 3.63) is 34.3 Å². The van der Waals surface area contributed by atoms with Gasteiger partial charge in [0.2, 0.25) is 5.91 Å². The van der Waals surface area contributed by atoms with Crippen LogP contribution in [0.4, 0.5) is 0 Å². The molecule has 1 unspecified atom stereocenters. The lowest BCUT2D eigenvalue weighted by Gasteiger charge is -2.32. The molecule has 1 saturated heterocycles. The lowest BCUT2D eigenvalue weighted by molar-refractivity contribution is -0.130. The number of rotatable bonds is 1. The lowest BCUT2D eigenvalue weighted by atomic mass is 9.90. The first kappa shape index (κ1) is 12.4. The zero-order valence-electron chi connectivity index (χ0n) is 10.4. The van der Waals surface area contributed by atoms with E-state index in [2.05, 4.69) is 13.0 Å². The highest BCUT2D eigenvalue weighted by Gasteiger charge is 2.23. The van der Waals surface area contributed by atoms with Gasteiger partial charge in [-0.3, -0.25) is 4.79 Å². The molecule has 1 aromatic carbocycles. The number of hydrogen-bond donors (Lipinski definition) is 0. The van der Waals surface area contributed by atoms with Crippen LogP contribution >= 0.6 is 11.6 Å². The Morgan fingerprint density at radius 2 is 2.18 bits per heavy atom. The fourth-order valence-corrected chi connectivity index (χ4v) is 2.83. The smallest absolute Gasteiger partial charge is 0.219 e. The van der Waals surface area contributed by atoms with Crippen molar-refractivity contribution in [3.8, 4) is 0 Å². The minimum atomic E-state index is 0.174. The predicted octanol–water partition coefficient (Wildman–Crippen LogP) is 3.37. The minimum absolute atomic E-state index is 0.174. The van der Waals surface area contributed by atoms with Crippen LogP contribution in [0.15, 0.2) is 18.2 Å². The van der Waals surface area contributed by atoms with Gasteiger partial charge in [0.25, 0.3) is 0 Å². The minimum Gasteiger partial charge on any atom is -0.342 e. The Morgan fingerprint density at radius 3 is 2.82 bits per heavy atom. The van der Waals surface area contributed by atoms with E-state index in [9.17, 15) is 4.79 Å². The highest BCUT2D eigenvalue weighted by atomic mass is 35.5. The van der Waals surface area contributed by atoms with Gasteiger partial charge < -0.3 is 4.90 Å². The van der Waals surface area contributed by atoms with E-state index in [1.54, 1.807) is 6.92 Å². The van der Waals surface area contributed by atoms with Crippen LogP contribution in [0.1, 0.15) is 36.8 Å². The highest BCUT2D eigenvalue weighted by Crippen LogP contribution is 2.29. The summed E-state index contributed by atoms with van der Waals surface area (Å²) in [6.45, 7) is 5.42. The monoisotopic (exact) mass is 251 g/mol. The molecule has 2 nitrogen and oxygen atoms in total. The standard InChI is InChI=1S/C14H18ClNO/c1-10-6-13(8-14(15)7-10)12-4-3-5-16(9-12)11(2)17/h6-8,12H,3-5,9H2,1-2H3. The Hall–Kier alpha value is -1.02. The van der Waals surface area contributed by atoms with E-state index >= 15 is 0 Å². The Balaban J connectivity index is 2.18. The van der Waals surface area contributed by atoms with Gasteiger partial charge in [-0.1, -0.05) is 17.7 Å². The predicted molar refractivity (Wildman–Crippen MR) is 70.4 cm³/mol. The first-order valence-corrected chi connectivity index (χ1v) is 6.46. The molecule has 1 aliphatic heterocycles. The molecule has 1 heterocycles. The molecule has 1 atom stereocenters. The van der Waals surface area contributed by atoms with Crippen molar-refractivity contribution in [2.45, 2.75) is 32.6 Å². The molecule has 0 spiro atoms. The molecule has 1 amide bonds. The molecule has 0 aliphatic carbocycles. The summed E-state index contributed by atoms with van der Waals surface area (Å²) in [6.07, 6.45) is 2.22. The van der Waals surface area contributed by atoms with Crippen LogP contribution in [0.2, 0.25) is 5.02 Å². The number of aryl methyl sites for hydroxylation is 1. The highest BCUT2D eigenvalue weighted by molar-refractivity contribution is 6.30. The topological polar surface area (TPSA) is 20.3 Å². The van der Waals surface area contributed by atoms with Gasteiger partial charge in [-0.2, -0.15) is 0 Å². The van der Waals surface area contributed by atoms with Crippen molar-refractivity contribution in [3.63, 3.8) is 0 Å². The Kier molecular flexibility index (Phi) is 3.72. The van der Waals surface area contributed by atoms with Crippen LogP contribution in [0.25, 0.3) is 0 Å². The third kappa shape index (κ3) is 3.01. The number of likely N-dealkylation sites (tertiary alicyclic amines) is 1. The van der Waals surface area contributed by atoms with Crippen molar-refractivity contribution >= 4 is 17.5 Å². The van der Waals surface area contributed by atoms with E-state index < -0.39 is 0 Å². The third-order valence-electron chi connectivity index (χ3n) is 3.40. The molecule has 92 valence electrons. The second kappa shape index (κ2) is 5.09. The molecule has 3 heteroatoms. The van der Waals surface area contributed by atoms with Crippen LogP contribution in [0.3, 0.4) is 0 Å². The van der Waals surface area contributed by atoms with E-state index in [1.165, 1.54) is 11.1 Å². The number of carbonyl (C=O) groups is 1. The number of nitrogens with zero attached hydrogens (tertiary/aromatic N) is 1. The van der Waals surface area contributed by atoms with Gasteiger partial charge in [0, 0.05) is 31.0 Å². The zero-order chi connectivity index (χ0) is 12.4. The van der Waals surface area contributed by atoms with Crippen molar-refractivity contribution < 1.29 is 4.79 Å². The van der Waals surface area contributed by atoms with E-state index in [0.29, 0.717) is 5.92 Å². The summed E-state index contributed by atoms with van der Waals surface area (Å²) >= 11 is 6.09. The molecule has 1 aliphatic rings. The molecule has 17 heavy (non-hydrogen) atoms. The van der Waals surface area contributed by atoms with Crippen LogP contribution in [-0.4, -0.2) is 23.9 Å². The number of benzene rings is 1. The molecule has 0 N–H and O–H groups in total. The van der Waals surface area contributed by atoms with E-state index in [1.807, 2.05) is 17.0 Å². The van der Waals surface area contributed by atoms with Crippen molar-refractivity contribution in [1.29, 1.82) is 0 Å². The van der Waals surface area contributed by atoms with Gasteiger partial charge in [0.1, 0.15) is 0 Å². The number of hydrogen-bond acceptors (Lipinski definition) is 1. The van der Waals surface area contributed by atoms with Gasteiger partial charge in [0.05, 0.1) is 0 Å². The van der Waals surface area contributed by atoms with Crippen molar-refractivity contribution in [2.75, 3.05) is 13.1 Å². The summed E-state index contributed by atoms with van der Waals surface area (Å²) in [7, 11) is 0. The Labute approximate surface area is 108 Å². The third-order valence-corrected chi connectivity index (χ3v) is 3.62. The van der Waals surface area contributed by atoms with Crippen molar-refractivity contribution in [2.24, 2.45) is 0 Å². The molecular weight excluding hydrogens is 234 g/mol. The first-order chi connectivity index (χ1) is 8.06. The molecule has 1 fully saturated rings. The van der Waals surface area contributed by atoms with Gasteiger partial charge in [-0.25, -0.2) is 0 Å². The van der Waals surface area contributed by atoms with Gasteiger partial charge in [0.15, 0.2) is 0 Å². The SMILES string of the molecule is CC(=O)N1CCCC(c2cc(C)cc(Cl)c2)C1. The lowest BCUT2D eigenvalue weighted by Crippen LogP contribution is -2.37. The summed E-state index contributed by atoms with van der Waals surface area (Å²) in [5.74, 6) is 0.610. The summed E-state index contributed by atoms with van der Waals surface area (Å²) < 4.78 is 0.